The maximum absolute atomic E-state index is 11.9. The fourth-order valence-electron chi connectivity index (χ4n) is 2.23. The van der Waals surface area contributed by atoms with Crippen LogP contribution in [0.2, 0.25) is 0 Å². The summed E-state index contributed by atoms with van der Waals surface area (Å²) in [6.07, 6.45) is 0.552. The van der Waals surface area contributed by atoms with Crippen LogP contribution in [0.15, 0.2) is 0 Å². The number of nitrogens with zero attached hydrogens (tertiary/aromatic N) is 1. The molecule has 1 rings (SSSR count). The monoisotopic (exact) mass is 300 g/mol. The molecule has 0 aromatic carbocycles. The van der Waals surface area contributed by atoms with Crippen molar-refractivity contribution in [1.29, 1.82) is 0 Å². The number of hydrogen-bond acceptors (Lipinski definition) is 4. The first-order chi connectivity index (χ1) is 9.95. The molecule has 1 saturated heterocycles. The fraction of sp³-hybridized carbons (Fsp3) is 0.769. The highest BCUT2D eigenvalue weighted by molar-refractivity contribution is 5.88. The van der Waals surface area contributed by atoms with Crippen molar-refractivity contribution in [3.8, 4) is 0 Å². The highest BCUT2D eigenvalue weighted by Crippen LogP contribution is 2.15. The first kappa shape index (κ1) is 17.2. The van der Waals surface area contributed by atoms with Crippen molar-refractivity contribution in [2.24, 2.45) is 0 Å². The quantitative estimate of drug-likeness (QED) is 0.521. The smallest absolute Gasteiger partial charge is 0.329 e. The Morgan fingerprint density at radius 2 is 1.76 bits per heavy atom. The van der Waals surface area contributed by atoms with E-state index >= 15 is 0 Å². The van der Waals surface area contributed by atoms with Gasteiger partial charge >= 0.3 is 12.0 Å². The van der Waals surface area contributed by atoms with Gasteiger partial charge in [0.1, 0.15) is 5.54 Å². The van der Waals surface area contributed by atoms with Crippen LogP contribution < -0.4 is 16.0 Å². The molecule has 21 heavy (non-hydrogen) atoms. The Bertz CT molecular complexity index is 390. The fourth-order valence-corrected chi connectivity index (χ4v) is 2.23. The average molecular weight is 300 g/mol. The number of carbonyl (C=O) groups excluding carboxylic acids is 2. The van der Waals surface area contributed by atoms with E-state index in [2.05, 4.69) is 16.0 Å². The Balaban J connectivity index is 2.45. The molecule has 0 unspecified atom stereocenters. The van der Waals surface area contributed by atoms with E-state index in [1.807, 2.05) is 0 Å². The summed E-state index contributed by atoms with van der Waals surface area (Å²) in [6, 6.07) is -0.635. The molecule has 0 spiro atoms. The minimum absolute atomic E-state index is 0.130. The van der Waals surface area contributed by atoms with Crippen LogP contribution >= 0.6 is 0 Å². The van der Waals surface area contributed by atoms with Crippen LogP contribution in [0, 0.1) is 0 Å². The molecule has 1 aliphatic heterocycles. The molecule has 1 heterocycles. The van der Waals surface area contributed by atoms with Crippen molar-refractivity contribution in [1.82, 2.24) is 20.9 Å². The van der Waals surface area contributed by atoms with Crippen LogP contribution in [0.5, 0.6) is 0 Å². The van der Waals surface area contributed by atoms with Gasteiger partial charge in [0, 0.05) is 26.2 Å². The lowest BCUT2D eigenvalue weighted by Crippen LogP contribution is -2.57. The number of urea groups is 1. The number of aliphatic carboxylic acids is 1. The molecule has 0 bridgehead atoms. The summed E-state index contributed by atoms with van der Waals surface area (Å²) in [7, 11) is 0. The molecule has 8 nitrogen and oxygen atoms in total. The van der Waals surface area contributed by atoms with Crippen molar-refractivity contribution < 1.29 is 19.5 Å². The average Bonchev–Trinajstić information content (AvgIpc) is 2.50. The molecule has 0 aromatic heterocycles. The van der Waals surface area contributed by atoms with Crippen molar-refractivity contribution in [3.63, 3.8) is 0 Å². The van der Waals surface area contributed by atoms with Gasteiger partial charge in [-0.3, -0.25) is 4.79 Å². The Labute approximate surface area is 124 Å². The van der Waals surface area contributed by atoms with E-state index in [4.69, 9.17) is 0 Å². The normalized spacial score (nSPS) is 15.4. The van der Waals surface area contributed by atoms with Gasteiger partial charge in [0.05, 0.1) is 6.54 Å². The minimum atomic E-state index is -1.29. The standard InChI is InChI=1S/C13H24N4O4/c1-3-13(4-2,11(19)20)16-12(21)15-9-10(18)17-7-5-14-6-8-17/h14H,3-9H2,1-2H3,(H,19,20)(H2,15,16,21). The zero-order chi connectivity index (χ0) is 15.9. The second-order valence-corrected chi connectivity index (χ2v) is 5.03. The van der Waals surface area contributed by atoms with E-state index in [-0.39, 0.29) is 25.3 Å². The number of carboxylic acids is 1. The molecule has 0 aromatic rings. The van der Waals surface area contributed by atoms with Gasteiger partial charge < -0.3 is 26.0 Å². The summed E-state index contributed by atoms with van der Waals surface area (Å²) in [5, 5.41) is 17.3. The zero-order valence-corrected chi connectivity index (χ0v) is 12.6. The highest BCUT2D eigenvalue weighted by atomic mass is 16.4. The van der Waals surface area contributed by atoms with Gasteiger partial charge in [-0.15, -0.1) is 0 Å². The second kappa shape index (κ2) is 7.82. The largest absolute Gasteiger partial charge is 0.480 e. The summed E-state index contributed by atoms with van der Waals surface area (Å²) in [5.41, 5.74) is -1.29. The lowest BCUT2D eigenvalue weighted by atomic mass is 9.93. The van der Waals surface area contributed by atoms with Gasteiger partial charge in [-0.05, 0) is 12.8 Å². The SMILES string of the molecule is CCC(CC)(NC(=O)NCC(=O)N1CCNCC1)C(=O)O. The molecule has 1 fully saturated rings. The van der Waals surface area contributed by atoms with E-state index in [1.54, 1.807) is 18.7 Å². The molecular formula is C13H24N4O4. The molecule has 3 amide bonds. The van der Waals surface area contributed by atoms with Crippen LogP contribution in [0.3, 0.4) is 0 Å². The van der Waals surface area contributed by atoms with E-state index in [0.29, 0.717) is 13.1 Å². The van der Waals surface area contributed by atoms with Crippen LogP contribution in [-0.2, 0) is 9.59 Å². The number of amides is 3. The third-order valence-electron chi connectivity index (χ3n) is 3.84. The van der Waals surface area contributed by atoms with Gasteiger partial charge in [0.25, 0.3) is 0 Å². The topological polar surface area (TPSA) is 111 Å². The van der Waals surface area contributed by atoms with Crippen molar-refractivity contribution in [3.05, 3.63) is 0 Å². The van der Waals surface area contributed by atoms with Crippen molar-refractivity contribution >= 4 is 17.9 Å². The summed E-state index contributed by atoms with van der Waals surface area (Å²) in [4.78, 5) is 36.6. The summed E-state index contributed by atoms with van der Waals surface area (Å²) in [5.74, 6) is -1.24. The molecule has 1 aliphatic rings. The molecule has 8 heteroatoms. The summed E-state index contributed by atoms with van der Waals surface area (Å²) < 4.78 is 0. The summed E-state index contributed by atoms with van der Waals surface area (Å²) in [6.45, 7) is 5.98. The lowest BCUT2D eigenvalue weighted by Gasteiger charge is -2.29. The molecule has 0 saturated carbocycles. The van der Waals surface area contributed by atoms with Gasteiger partial charge in [-0.1, -0.05) is 13.8 Å². The number of carbonyl (C=O) groups is 3. The number of rotatable bonds is 6. The maximum atomic E-state index is 11.9. The highest BCUT2D eigenvalue weighted by Gasteiger charge is 2.36. The maximum Gasteiger partial charge on any atom is 0.329 e. The Hall–Kier alpha value is -1.83. The van der Waals surface area contributed by atoms with Crippen LogP contribution in [0.4, 0.5) is 4.79 Å². The third kappa shape index (κ3) is 4.59. The van der Waals surface area contributed by atoms with E-state index in [1.165, 1.54) is 0 Å². The number of carboxylic acid groups (broad SMARTS) is 1. The first-order valence-electron chi connectivity index (χ1n) is 7.23. The number of piperazine rings is 1. The second-order valence-electron chi connectivity index (χ2n) is 5.03. The van der Waals surface area contributed by atoms with E-state index in [9.17, 15) is 19.5 Å². The van der Waals surface area contributed by atoms with Gasteiger partial charge in [-0.2, -0.15) is 0 Å². The predicted molar refractivity (Wildman–Crippen MR) is 76.9 cm³/mol. The van der Waals surface area contributed by atoms with Crippen LogP contribution in [0.1, 0.15) is 26.7 Å². The molecule has 0 atom stereocenters. The Kier molecular flexibility index (Phi) is 6.41. The summed E-state index contributed by atoms with van der Waals surface area (Å²) >= 11 is 0. The number of hydrogen-bond donors (Lipinski definition) is 4. The van der Waals surface area contributed by atoms with Gasteiger partial charge in [0.2, 0.25) is 5.91 Å². The zero-order valence-electron chi connectivity index (χ0n) is 12.6. The lowest BCUT2D eigenvalue weighted by molar-refractivity contribution is -0.144. The van der Waals surface area contributed by atoms with E-state index in [0.717, 1.165) is 13.1 Å². The third-order valence-corrected chi connectivity index (χ3v) is 3.84. The van der Waals surface area contributed by atoms with Crippen LogP contribution in [-0.4, -0.2) is 66.2 Å². The molecule has 0 aliphatic carbocycles. The predicted octanol–water partition coefficient (Wildman–Crippen LogP) is -0.639. The molecule has 120 valence electrons. The van der Waals surface area contributed by atoms with Crippen molar-refractivity contribution in [2.75, 3.05) is 32.7 Å². The molecule has 4 N–H and O–H groups in total. The Morgan fingerprint density at radius 3 is 2.24 bits per heavy atom. The van der Waals surface area contributed by atoms with Crippen molar-refractivity contribution in [2.45, 2.75) is 32.2 Å². The van der Waals surface area contributed by atoms with E-state index < -0.39 is 17.5 Å². The van der Waals surface area contributed by atoms with Gasteiger partial charge in [-0.25, -0.2) is 9.59 Å². The molecular weight excluding hydrogens is 276 g/mol. The minimum Gasteiger partial charge on any atom is -0.480 e. The Morgan fingerprint density at radius 1 is 1.19 bits per heavy atom. The number of nitrogens with one attached hydrogen (secondary N) is 3. The molecule has 0 radical (unpaired) electrons. The van der Waals surface area contributed by atoms with Gasteiger partial charge in [0.15, 0.2) is 0 Å². The van der Waals surface area contributed by atoms with Crippen LogP contribution in [0.25, 0.3) is 0 Å². The first-order valence-corrected chi connectivity index (χ1v) is 7.23.